The maximum absolute atomic E-state index is 5.65. The Balaban J connectivity index is 2.07. The summed E-state index contributed by atoms with van der Waals surface area (Å²) in [6.07, 6.45) is -0.114. The van der Waals surface area contributed by atoms with Crippen LogP contribution in [0.4, 0.5) is 0 Å². The molecule has 2 heterocycles. The molecule has 1 saturated heterocycles. The fourth-order valence-electron chi connectivity index (χ4n) is 1.97. The molecule has 0 aliphatic carbocycles. The van der Waals surface area contributed by atoms with E-state index in [1.54, 1.807) is 0 Å². The number of hydrogen-bond acceptors (Lipinski definition) is 6. The first-order valence-electron chi connectivity index (χ1n) is 6.48. The Morgan fingerprint density at radius 2 is 2.33 bits per heavy atom. The van der Waals surface area contributed by atoms with E-state index in [9.17, 15) is 0 Å². The molecule has 18 heavy (non-hydrogen) atoms. The van der Waals surface area contributed by atoms with Crippen LogP contribution in [-0.2, 0) is 9.47 Å². The van der Waals surface area contributed by atoms with Gasteiger partial charge in [0.15, 0.2) is 0 Å². The summed E-state index contributed by atoms with van der Waals surface area (Å²) in [5.41, 5.74) is 0. The van der Waals surface area contributed by atoms with Crippen LogP contribution in [-0.4, -0.2) is 36.5 Å². The van der Waals surface area contributed by atoms with Crippen LogP contribution in [0.1, 0.15) is 44.6 Å². The standard InChI is InChI=1S/C12H21N3O3/c1-4-17-10(8(2)3)11-14-12(18-15-11)9-7-16-6-5-13-9/h8-10,13H,4-7H2,1-3H3. The van der Waals surface area contributed by atoms with Crippen molar-refractivity contribution in [3.8, 4) is 0 Å². The van der Waals surface area contributed by atoms with Gasteiger partial charge in [0, 0.05) is 13.2 Å². The molecule has 0 spiro atoms. The molecule has 102 valence electrons. The molecule has 2 atom stereocenters. The molecule has 6 heteroatoms. The number of hydrogen-bond donors (Lipinski definition) is 1. The third-order valence-electron chi connectivity index (χ3n) is 2.88. The van der Waals surface area contributed by atoms with Gasteiger partial charge < -0.3 is 19.3 Å². The summed E-state index contributed by atoms with van der Waals surface area (Å²) in [5.74, 6) is 1.51. The summed E-state index contributed by atoms with van der Waals surface area (Å²) in [5, 5.41) is 7.31. The van der Waals surface area contributed by atoms with E-state index >= 15 is 0 Å². The molecule has 0 bridgehead atoms. The maximum Gasteiger partial charge on any atom is 0.246 e. The topological polar surface area (TPSA) is 69.4 Å². The molecule has 1 N–H and O–H groups in total. The summed E-state index contributed by atoms with van der Waals surface area (Å²) in [6.45, 7) is 8.87. The van der Waals surface area contributed by atoms with Crippen molar-refractivity contribution >= 4 is 0 Å². The molecular formula is C12H21N3O3. The average Bonchev–Trinajstić information content (AvgIpc) is 2.86. The second-order valence-electron chi connectivity index (χ2n) is 4.69. The number of rotatable bonds is 5. The van der Waals surface area contributed by atoms with Gasteiger partial charge in [0.1, 0.15) is 12.1 Å². The molecule has 6 nitrogen and oxygen atoms in total. The Hall–Kier alpha value is -0.980. The Labute approximate surface area is 107 Å². The van der Waals surface area contributed by atoms with E-state index < -0.39 is 0 Å². The molecule has 1 aromatic heterocycles. The predicted molar refractivity (Wildman–Crippen MR) is 65.1 cm³/mol. The number of morpholine rings is 1. The Morgan fingerprint density at radius 3 is 2.94 bits per heavy atom. The second kappa shape index (κ2) is 6.26. The van der Waals surface area contributed by atoms with Gasteiger partial charge in [0.25, 0.3) is 0 Å². The monoisotopic (exact) mass is 255 g/mol. The van der Waals surface area contributed by atoms with Crippen molar-refractivity contribution in [2.45, 2.75) is 32.9 Å². The van der Waals surface area contributed by atoms with Crippen LogP contribution in [0.2, 0.25) is 0 Å². The summed E-state index contributed by atoms with van der Waals surface area (Å²) in [7, 11) is 0. The maximum atomic E-state index is 5.65. The molecule has 0 aromatic carbocycles. The van der Waals surface area contributed by atoms with Crippen molar-refractivity contribution in [3.63, 3.8) is 0 Å². The van der Waals surface area contributed by atoms with Gasteiger partial charge in [0.2, 0.25) is 11.7 Å². The largest absolute Gasteiger partial charge is 0.378 e. The molecule has 2 rings (SSSR count). The van der Waals surface area contributed by atoms with Crippen molar-refractivity contribution < 1.29 is 14.0 Å². The van der Waals surface area contributed by atoms with Gasteiger partial charge >= 0.3 is 0 Å². The van der Waals surface area contributed by atoms with Crippen molar-refractivity contribution in [1.82, 2.24) is 15.5 Å². The zero-order valence-electron chi connectivity index (χ0n) is 11.2. The van der Waals surface area contributed by atoms with Gasteiger partial charge in [-0.05, 0) is 12.8 Å². The molecule has 0 saturated carbocycles. The fourth-order valence-corrected chi connectivity index (χ4v) is 1.97. The Kier molecular flexibility index (Phi) is 4.68. The summed E-state index contributed by atoms with van der Waals surface area (Å²) >= 11 is 0. The van der Waals surface area contributed by atoms with Crippen LogP contribution >= 0.6 is 0 Å². The fraction of sp³-hybridized carbons (Fsp3) is 0.833. The van der Waals surface area contributed by atoms with E-state index in [1.807, 2.05) is 6.92 Å². The molecule has 1 fully saturated rings. The number of nitrogens with zero attached hydrogens (tertiary/aromatic N) is 2. The summed E-state index contributed by atoms with van der Waals surface area (Å²) < 4.78 is 16.3. The number of ether oxygens (including phenoxy) is 2. The van der Waals surface area contributed by atoms with Gasteiger partial charge in [-0.25, -0.2) is 0 Å². The van der Waals surface area contributed by atoms with Crippen LogP contribution in [0.3, 0.4) is 0 Å². The minimum Gasteiger partial charge on any atom is -0.378 e. The van der Waals surface area contributed by atoms with Gasteiger partial charge in [-0.2, -0.15) is 4.98 Å². The smallest absolute Gasteiger partial charge is 0.246 e. The molecule has 1 aliphatic rings. The molecule has 0 amide bonds. The van der Waals surface area contributed by atoms with Crippen molar-refractivity contribution in [2.24, 2.45) is 5.92 Å². The highest BCUT2D eigenvalue weighted by Crippen LogP contribution is 2.24. The van der Waals surface area contributed by atoms with Gasteiger partial charge in [-0.15, -0.1) is 0 Å². The minimum atomic E-state index is -0.114. The van der Waals surface area contributed by atoms with Gasteiger partial charge in [-0.1, -0.05) is 19.0 Å². The number of nitrogens with one attached hydrogen (secondary N) is 1. The van der Waals surface area contributed by atoms with Crippen molar-refractivity contribution in [2.75, 3.05) is 26.4 Å². The van der Waals surface area contributed by atoms with Crippen LogP contribution in [0.15, 0.2) is 4.52 Å². The molecule has 0 radical (unpaired) electrons. The van der Waals surface area contributed by atoms with E-state index in [1.165, 1.54) is 0 Å². The Morgan fingerprint density at radius 1 is 1.50 bits per heavy atom. The third kappa shape index (κ3) is 3.07. The van der Waals surface area contributed by atoms with Crippen LogP contribution in [0, 0.1) is 5.92 Å². The second-order valence-corrected chi connectivity index (χ2v) is 4.69. The molecule has 2 unspecified atom stereocenters. The molecule has 1 aliphatic heterocycles. The lowest BCUT2D eigenvalue weighted by molar-refractivity contribution is 0.0217. The Bertz CT molecular complexity index is 361. The normalized spacial score (nSPS) is 22.3. The zero-order valence-corrected chi connectivity index (χ0v) is 11.2. The van der Waals surface area contributed by atoms with Crippen LogP contribution < -0.4 is 5.32 Å². The summed E-state index contributed by atoms with van der Waals surface area (Å²) in [4.78, 5) is 4.43. The first-order valence-corrected chi connectivity index (χ1v) is 6.48. The lowest BCUT2D eigenvalue weighted by atomic mass is 10.1. The van der Waals surface area contributed by atoms with E-state index in [4.69, 9.17) is 14.0 Å². The molecular weight excluding hydrogens is 234 g/mol. The highest BCUT2D eigenvalue weighted by atomic mass is 16.5. The SMILES string of the molecule is CCOC(c1noc(C2COCCN2)n1)C(C)C. The van der Waals surface area contributed by atoms with E-state index in [2.05, 4.69) is 29.3 Å². The first-order chi connectivity index (χ1) is 8.72. The van der Waals surface area contributed by atoms with Gasteiger partial charge in [0.05, 0.1) is 13.2 Å². The van der Waals surface area contributed by atoms with Crippen molar-refractivity contribution in [1.29, 1.82) is 0 Å². The predicted octanol–water partition coefficient (Wildman–Crippen LogP) is 1.46. The highest BCUT2D eigenvalue weighted by Gasteiger charge is 2.26. The third-order valence-corrected chi connectivity index (χ3v) is 2.88. The summed E-state index contributed by atoms with van der Waals surface area (Å²) in [6, 6.07) is -0.00515. The van der Waals surface area contributed by atoms with Gasteiger partial charge in [-0.3, -0.25) is 0 Å². The lowest BCUT2D eigenvalue weighted by Gasteiger charge is -2.20. The lowest BCUT2D eigenvalue weighted by Crippen LogP contribution is -2.34. The molecule has 1 aromatic rings. The average molecular weight is 255 g/mol. The van der Waals surface area contributed by atoms with Crippen LogP contribution in [0.5, 0.6) is 0 Å². The van der Waals surface area contributed by atoms with Crippen molar-refractivity contribution in [3.05, 3.63) is 11.7 Å². The highest BCUT2D eigenvalue weighted by molar-refractivity contribution is 4.97. The minimum absolute atomic E-state index is 0.00515. The first kappa shape index (κ1) is 13.5. The van der Waals surface area contributed by atoms with Crippen LogP contribution in [0.25, 0.3) is 0 Å². The van der Waals surface area contributed by atoms with E-state index in [-0.39, 0.29) is 12.1 Å². The van der Waals surface area contributed by atoms with E-state index in [0.29, 0.717) is 30.8 Å². The van der Waals surface area contributed by atoms with E-state index in [0.717, 1.165) is 13.2 Å². The quantitative estimate of drug-likeness (QED) is 0.859. The zero-order chi connectivity index (χ0) is 13.0. The number of aromatic nitrogens is 2.